The number of carbonyl (C=O) groups is 1. The van der Waals surface area contributed by atoms with Gasteiger partial charge in [-0.2, -0.15) is 0 Å². The van der Waals surface area contributed by atoms with Crippen LogP contribution in [0.25, 0.3) is 17.0 Å². The van der Waals surface area contributed by atoms with Crippen molar-refractivity contribution < 1.29 is 4.79 Å². The third-order valence-corrected chi connectivity index (χ3v) is 4.27. The van der Waals surface area contributed by atoms with Crippen molar-refractivity contribution in [3.05, 3.63) is 71.4 Å². The largest absolute Gasteiger partial charge is 0.399 e. The molecule has 0 unspecified atom stereocenters. The molecule has 1 heterocycles. The first-order valence-electron chi connectivity index (χ1n) is 8.71. The number of carbonyl (C=O) groups excluding carboxylic acids is 1. The van der Waals surface area contributed by atoms with Crippen LogP contribution in [0.2, 0.25) is 5.02 Å². The molecule has 0 atom stereocenters. The van der Waals surface area contributed by atoms with Crippen molar-refractivity contribution in [3.63, 3.8) is 0 Å². The standard InChI is InChI=1S/C21H21ClN4O/c22-16-5-8-18-19(10-13-25-20(18)14-16)24-11-1-12-26-21(27)9-4-15-2-6-17(23)7-3-15/h2-10,13-14H,1,11-12,23H2,(H,24,25)(H,26,27)/b9-4+. The number of pyridine rings is 1. The zero-order chi connectivity index (χ0) is 19.1. The molecule has 0 bridgehead atoms. The fourth-order valence-corrected chi connectivity index (χ4v) is 2.80. The highest BCUT2D eigenvalue weighted by atomic mass is 35.5. The summed E-state index contributed by atoms with van der Waals surface area (Å²) in [5.74, 6) is -0.115. The lowest BCUT2D eigenvalue weighted by Crippen LogP contribution is -2.23. The number of nitrogens with two attached hydrogens (primary N) is 1. The van der Waals surface area contributed by atoms with Crippen molar-refractivity contribution in [1.29, 1.82) is 0 Å². The average Bonchev–Trinajstić information content (AvgIpc) is 2.67. The van der Waals surface area contributed by atoms with Gasteiger partial charge in [0.15, 0.2) is 0 Å². The Labute approximate surface area is 163 Å². The molecule has 1 amide bonds. The Kier molecular flexibility index (Phi) is 6.28. The monoisotopic (exact) mass is 380 g/mol. The molecular weight excluding hydrogens is 360 g/mol. The summed E-state index contributed by atoms with van der Waals surface area (Å²) in [7, 11) is 0. The molecule has 138 valence electrons. The van der Waals surface area contributed by atoms with E-state index in [1.807, 2.05) is 36.4 Å². The van der Waals surface area contributed by atoms with Gasteiger partial charge in [0.25, 0.3) is 0 Å². The first-order valence-corrected chi connectivity index (χ1v) is 9.09. The topological polar surface area (TPSA) is 80.0 Å². The summed E-state index contributed by atoms with van der Waals surface area (Å²) in [6, 6.07) is 14.9. The summed E-state index contributed by atoms with van der Waals surface area (Å²) < 4.78 is 0. The molecule has 0 saturated heterocycles. The van der Waals surface area contributed by atoms with Gasteiger partial charge in [0, 0.05) is 47.1 Å². The highest BCUT2D eigenvalue weighted by molar-refractivity contribution is 6.31. The number of hydrogen-bond acceptors (Lipinski definition) is 4. The van der Waals surface area contributed by atoms with Crippen LogP contribution in [0.3, 0.4) is 0 Å². The maximum absolute atomic E-state index is 11.9. The average molecular weight is 381 g/mol. The van der Waals surface area contributed by atoms with Crippen LogP contribution in [0.1, 0.15) is 12.0 Å². The second kappa shape index (κ2) is 9.05. The minimum Gasteiger partial charge on any atom is -0.399 e. The number of nitrogen functional groups attached to an aromatic ring is 1. The number of fused-ring (bicyclic) bond motifs is 1. The van der Waals surface area contributed by atoms with Gasteiger partial charge in [-0.25, -0.2) is 0 Å². The third-order valence-electron chi connectivity index (χ3n) is 4.04. The molecule has 3 rings (SSSR count). The van der Waals surface area contributed by atoms with E-state index in [-0.39, 0.29) is 5.91 Å². The van der Waals surface area contributed by atoms with Crippen molar-refractivity contribution in [2.45, 2.75) is 6.42 Å². The zero-order valence-corrected chi connectivity index (χ0v) is 15.5. The van der Waals surface area contributed by atoms with Crippen LogP contribution in [0, 0.1) is 0 Å². The Morgan fingerprint density at radius 3 is 2.74 bits per heavy atom. The van der Waals surface area contributed by atoms with Crippen molar-refractivity contribution in [2.75, 3.05) is 24.1 Å². The summed E-state index contributed by atoms with van der Waals surface area (Å²) in [6.07, 6.45) is 5.85. The number of rotatable bonds is 7. The van der Waals surface area contributed by atoms with Crippen LogP contribution < -0.4 is 16.4 Å². The lowest BCUT2D eigenvalue weighted by atomic mass is 10.2. The number of hydrogen-bond donors (Lipinski definition) is 3. The van der Waals surface area contributed by atoms with Gasteiger partial charge >= 0.3 is 0 Å². The number of aromatic nitrogens is 1. The molecule has 0 aliphatic heterocycles. The number of amides is 1. The van der Waals surface area contributed by atoms with Crippen LogP contribution in [0.5, 0.6) is 0 Å². The van der Waals surface area contributed by atoms with E-state index in [0.29, 0.717) is 17.3 Å². The van der Waals surface area contributed by atoms with Gasteiger partial charge in [0.1, 0.15) is 0 Å². The minimum atomic E-state index is -0.115. The molecule has 0 saturated carbocycles. The van der Waals surface area contributed by atoms with Gasteiger partial charge in [-0.15, -0.1) is 0 Å². The summed E-state index contributed by atoms with van der Waals surface area (Å²) in [6.45, 7) is 1.33. The Hall–Kier alpha value is -3.05. The van der Waals surface area contributed by atoms with E-state index in [2.05, 4.69) is 15.6 Å². The number of halogens is 1. The second-order valence-corrected chi connectivity index (χ2v) is 6.53. The Bertz CT molecular complexity index is 954. The van der Waals surface area contributed by atoms with Crippen LogP contribution in [0.15, 0.2) is 60.8 Å². The maximum Gasteiger partial charge on any atom is 0.244 e. The summed E-state index contributed by atoms with van der Waals surface area (Å²) in [4.78, 5) is 16.2. The Morgan fingerprint density at radius 2 is 1.93 bits per heavy atom. The Morgan fingerprint density at radius 1 is 1.11 bits per heavy atom. The molecule has 1 aromatic heterocycles. The van der Waals surface area contributed by atoms with Gasteiger partial charge < -0.3 is 16.4 Å². The van der Waals surface area contributed by atoms with Crippen LogP contribution >= 0.6 is 11.6 Å². The maximum atomic E-state index is 11.9. The summed E-state index contributed by atoms with van der Waals surface area (Å²) in [5, 5.41) is 7.95. The quantitative estimate of drug-likeness (QED) is 0.327. The number of nitrogens with one attached hydrogen (secondary N) is 2. The van der Waals surface area contributed by atoms with E-state index in [1.165, 1.54) is 6.08 Å². The van der Waals surface area contributed by atoms with Gasteiger partial charge in [0.05, 0.1) is 5.52 Å². The van der Waals surface area contributed by atoms with Gasteiger partial charge in [-0.05, 0) is 54.5 Å². The number of nitrogens with zero attached hydrogens (tertiary/aromatic N) is 1. The highest BCUT2D eigenvalue weighted by Crippen LogP contribution is 2.24. The van der Waals surface area contributed by atoms with Gasteiger partial charge in [0.2, 0.25) is 5.91 Å². The van der Waals surface area contributed by atoms with E-state index >= 15 is 0 Å². The van der Waals surface area contributed by atoms with Gasteiger partial charge in [-0.3, -0.25) is 9.78 Å². The smallest absolute Gasteiger partial charge is 0.244 e. The molecule has 0 aliphatic rings. The lowest BCUT2D eigenvalue weighted by molar-refractivity contribution is -0.116. The summed E-state index contributed by atoms with van der Waals surface area (Å²) >= 11 is 6.01. The first-order chi connectivity index (χ1) is 13.1. The predicted molar refractivity (Wildman–Crippen MR) is 113 cm³/mol. The number of anilines is 2. The molecule has 0 aliphatic carbocycles. The van der Waals surface area contributed by atoms with E-state index < -0.39 is 0 Å². The van der Waals surface area contributed by atoms with E-state index in [9.17, 15) is 4.79 Å². The minimum absolute atomic E-state index is 0.115. The normalized spacial score (nSPS) is 11.0. The van der Waals surface area contributed by atoms with Crippen LogP contribution in [0.4, 0.5) is 11.4 Å². The zero-order valence-electron chi connectivity index (χ0n) is 14.8. The van der Waals surface area contributed by atoms with Gasteiger partial charge in [-0.1, -0.05) is 23.7 Å². The van der Waals surface area contributed by atoms with E-state index in [4.69, 9.17) is 17.3 Å². The lowest BCUT2D eigenvalue weighted by Gasteiger charge is -2.09. The summed E-state index contributed by atoms with van der Waals surface area (Å²) in [5.41, 5.74) is 9.14. The third kappa shape index (κ3) is 5.46. The predicted octanol–water partition coefficient (Wildman–Crippen LogP) is 4.10. The molecule has 0 radical (unpaired) electrons. The number of benzene rings is 2. The Balaban J connectivity index is 1.43. The molecule has 3 aromatic rings. The molecule has 27 heavy (non-hydrogen) atoms. The van der Waals surface area contributed by atoms with E-state index in [0.717, 1.165) is 35.1 Å². The molecule has 2 aromatic carbocycles. The molecule has 6 heteroatoms. The van der Waals surface area contributed by atoms with Crippen molar-refractivity contribution >= 4 is 45.9 Å². The molecule has 0 fully saturated rings. The van der Waals surface area contributed by atoms with Crippen LogP contribution in [-0.2, 0) is 4.79 Å². The van der Waals surface area contributed by atoms with Crippen LogP contribution in [-0.4, -0.2) is 24.0 Å². The molecular formula is C21H21ClN4O. The fourth-order valence-electron chi connectivity index (χ4n) is 2.64. The second-order valence-electron chi connectivity index (χ2n) is 6.09. The van der Waals surface area contributed by atoms with E-state index in [1.54, 1.807) is 24.4 Å². The first kappa shape index (κ1) is 18.7. The van der Waals surface area contributed by atoms with Crippen molar-refractivity contribution in [3.8, 4) is 0 Å². The molecule has 5 nitrogen and oxygen atoms in total. The van der Waals surface area contributed by atoms with Crippen molar-refractivity contribution in [2.24, 2.45) is 0 Å². The fraction of sp³-hybridized carbons (Fsp3) is 0.143. The SMILES string of the molecule is Nc1ccc(/C=C/C(=O)NCCCNc2ccnc3cc(Cl)ccc23)cc1. The highest BCUT2D eigenvalue weighted by Gasteiger charge is 2.02. The molecule has 0 spiro atoms. The molecule has 4 N–H and O–H groups in total. The van der Waals surface area contributed by atoms with Crippen molar-refractivity contribution in [1.82, 2.24) is 10.3 Å².